The van der Waals surface area contributed by atoms with Crippen LogP contribution >= 0.6 is 0 Å². The third-order valence-corrected chi connectivity index (χ3v) is 5.23. The van der Waals surface area contributed by atoms with Gasteiger partial charge in [-0.3, -0.25) is 8.37 Å². The highest BCUT2D eigenvalue weighted by molar-refractivity contribution is 7.89. The zero-order valence-electron chi connectivity index (χ0n) is 9.11. The molecule has 2 rings (SSSR count). The van der Waals surface area contributed by atoms with Gasteiger partial charge in [0.25, 0.3) is 20.2 Å². The molecule has 2 unspecified atom stereocenters. The minimum Gasteiger partial charge on any atom is -0.270 e. The lowest BCUT2D eigenvalue weighted by molar-refractivity contribution is 0.161. The topological polar surface area (TPSA) is 86.7 Å². The van der Waals surface area contributed by atoms with Crippen molar-refractivity contribution in [1.82, 2.24) is 0 Å². The second-order valence-corrected chi connectivity index (χ2v) is 7.39. The van der Waals surface area contributed by atoms with E-state index in [4.69, 9.17) is 4.18 Å². The van der Waals surface area contributed by atoms with Gasteiger partial charge in [0.15, 0.2) is 0 Å². The van der Waals surface area contributed by atoms with Gasteiger partial charge in [0.05, 0.1) is 23.9 Å². The van der Waals surface area contributed by atoms with Crippen LogP contribution < -0.4 is 0 Å². The summed E-state index contributed by atoms with van der Waals surface area (Å²) >= 11 is 0. The Bertz CT molecular complexity index is 504. The molecule has 0 radical (unpaired) electrons. The minimum absolute atomic E-state index is 0.0589. The minimum atomic E-state index is -3.57. The van der Waals surface area contributed by atoms with E-state index in [2.05, 4.69) is 4.18 Å². The second kappa shape index (κ2) is 4.68. The Kier molecular flexibility index (Phi) is 3.58. The Morgan fingerprint density at radius 3 is 2.65 bits per heavy atom. The molecule has 0 saturated carbocycles. The van der Waals surface area contributed by atoms with Crippen LogP contribution in [0.5, 0.6) is 0 Å². The van der Waals surface area contributed by atoms with E-state index >= 15 is 0 Å². The van der Waals surface area contributed by atoms with Gasteiger partial charge in [-0.1, -0.05) is 6.08 Å². The molecule has 0 aromatic heterocycles. The molecule has 0 bridgehead atoms. The van der Waals surface area contributed by atoms with Crippen LogP contribution in [0.3, 0.4) is 0 Å². The van der Waals surface area contributed by atoms with Crippen molar-refractivity contribution in [3.63, 3.8) is 0 Å². The van der Waals surface area contributed by atoms with Crippen LogP contribution in [0.25, 0.3) is 0 Å². The Hall–Kier alpha value is -0.440. The van der Waals surface area contributed by atoms with Gasteiger partial charge in [0.2, 0.25) is 0 Å². The van der Waals surface area contributed by atoms with E-state index in [-0.39, 0.29) is 18.3 Å². The molecule has 0 aromatic rings. The molecule has 98 valence electrons. The first-order valence-electron chi connectivity index (χ1n) is 5.33. The van der Waals surface area contributed by atoms with Crippen molar-refractivity contribution in [1.29, 1.82) is 0 Å². The first-order valence-corrected chi connectivity index (χ1v) is 8.38. The monoisotopic (exact) mass is 282 g/mol. The summed E-state index contributed by atoms with van der Waals surface area (Å²) in [6, 6.07) is 0. The molecule has 2 aliphatic rings. The molecule has 8 heteroatoms. The van der Waals surface area contributed by atoms with E-state index in [9.17, 15) is 16.8 Å². The molecule has 0 amide bonds. The van der Waals surface area contributed by atoms with Crippen molar-refractivity contribution in [3.05, 3.63) is 11.5 Å². The summed E-state index contributed by atoms with van der Waals surface area (Å²) in [5, 5.41) is 1.03. The van der Waals surface area contributed by atoms with Gasteiger partial charge >= 0.3 is 0 Å². The summed E-state index contributed by atoms with van der Waals surface area (Å²) in [6.07, 6.45) is 2.62. The smallest absolute Gasteiger partial charge is 0.270 e. The van der Waals surface area contributed by atoms with Gasteiger partial charge in [-0.05, 0) is 25.2 Å². The molecule has 0 spiro atoms. The predicted octanol–water partition coefficient (Wildman–Crippen LogP) is 0.375. The fourth-order valence-electron chi connectivity index (χ4n) is 2.04. The summed E-state index contributed by atoms with van der Waals surface area (Å²) in [6.45, 7) is 0.169. The molecule has 2 atom stereocenters. The van der Waals surface area contributed by atoms with Crippen LogP contribution in [0, 0.1) is 5.92 Å². The molecule has 1 saturated heterocycles. The summed E-state index contributed by atoms with van der Waals surface area (Å²) in [5.41, 5.74) is 0. The van der Waals surface area contributed by atoms with Gasteiger partial charge in [0, 0.05) is 0 Å². The predicted molar refractivity (Wildman–Crippen MR) is 60.0 cm³/mol. The van der Waals surface area contributed by atoms with Crippen molar-refractivity contribution in [2.24, 2.45) is 5.92 Å². The van der Waals surface area contributed by atoms with Gasteiger partial charge < -0.3 is 0 Å². The highest BCUT2D eigenvalue weighted by Gasteiger charge is 2.30. The van der Waals surface area contributed by atoms with Crippen LogP contribution in [0.2, 0.25) is 0 Å². The van der Waals surface area contributed by atoms with Crippen LogP contribution in [0.1, 0.15) is 19.3 Å². The van der Waals surface area contributed by atoms with Crippen LogP contribution in [-0.2, 0) is 28.6 Å². The zero-order valence-corrected chi connectivity index (χ0v) is 10.7. The first kappa shape index (κ1) is 13.0. The molecule has 0 N–H and O–H groups in total. The average Bonchev–Trinajstić information content (AvgIpc) is 2.13. The second-order valence-electron chi connectivity index (χ2n) is 4.26. The summed E-state index contributed by atoms with van der Waals surface area (Å²) < 4.78 is 54.3. The third-order valence-electron chi connectivity index (χ3n) is 2.76. The summed E-state index contributed by atoms with van der Waals surface area (Å²) in [4.78, 5) is 0. The van der Waals surface area contributed by atoms with Crippen molar-refractivity contribution in [2.45, 2.75) is 25.4 Å². The molecule has 2 heterocycles. The molecular formula is C9H14O6S2. The Labute approximate surface area is 101 Å². The fraction of sp³-hybridized carbons (Fsp3) is 0.778. The summed E-state index contributed by atoms with van der Waals surface area (Å²) in [5.74, 6) is -0.156. The standard InChI is InChI=1S/C9H14O6S2/c10-16(11)5-1-2-9(15-16)6-8-3-4-14-17(12,13)7-8/h1,5,8-9H,2-4,6-7H2. The maximum Gasteiger partial charge on any atom is 0.290 e. The normalized spacial score (nSPS) is 35.5. The van der Waals surface area contributed by atoms with E-state index in [0.29, 0.717) is 19.3 Å². The van der Waals surface area contributed by atoms with Gasteiger partial charge in [-0.15, -0.1) is 0 Å². The lowest BCUT2D eigenvalue weighted by atomic mass is 9.98. The average molecular weight is 282 g/mol. The number of hydrogen-bond donors (Lipinski definition) is 0. The molecule has 2 aliphatic heterocycles. The SMILES string of the molecule is O=S1(=O)C=CCC(CC2CCOS(=O)(=O)C2)O1. The largest absolute Gasteiger partial charge is 0.290 e. The van der Waals surface area contributed by atoms with Crippen LogP contribution in [0.15, 0.2) is 11.5 Å². The van der Waals surface area contributed by atoms with Gasteiger partial charge in [-0.25, -0.2) is 0 Å². The maximum atomic E-state index is 11.2. The molecule has 0 aliphatic carbocycles. The molecule has 6 nitrogen and oxygen atoms in total. The molecule has 17 heavy (non-hydrogen) atoms. The highest BCUT2D eigenvalue weighted by atomic mass is 32.2. The first-order chi connectivity index (χ1) is 7.86. The third kappa shape index (κ3) is 3.77. The fourth-order valence-corrected chi connectivity index (χ4v) is 4.32. The van der Waals surface area contributed by atoms with E-state index < -0.39 is 26.3 Å². The number of hydrogen-bond acceptors (Lipinski definition) is 6. The highest BCUT2D eigenvalue weighted by Crippen LogP contribution is 2.26. The number of rotatable bonds is 2. The summed E-state index contributed by atoms with van der Waals surface area (Å²) in [7, 11) is -7.01. The Morgan fingerprint density at radius 2 is 2.00 bits per heavy atom. The Balaban J connectivity index is 1.96. The maximum absolute atomic E-state index is 11.2. The van der Waals surface area contributed by atoms with E-state index in [1.54, 1.807) is 0 Å². The van der Waals surface area contributed by atoms with Crippen LogP contribution in [-0.4, -0.2) is 35.3 Å². The van der Waals surface area contributed by atoms with Crippen molar-refractivity contribution in [3.8, 4) is 0 Å². The van der Waals surface area contributed by atoms with Crippen LogP contribution in [0.4, 0.5) is 0 Å². The molecule has 1 fully saturated rings. The van der Waals surface area contributed by atoms with Crippen molar-refractivity contribution in [2.75, 3.05) is 12.4 Å². The van der Waals surface area contributed by atoms with Gasteiger partial charge in [0.1, 0.15) is 0 Å². The lowest BCUT2D eigenvalue weighted by Crippen LogP contribution is -2.31. The lowest BCUT2D eigenvalue weighted by Gasteiger charge is -2.26. The Morgan fingerprint density at radius 1 is 1.24 bits per heavy atom. The quantitative estimate of drug-likeness (QED) is 0.680. The van der Waals surface area contributed by atoms with Gasteiger partial charge in [-0.2, -0.15) is 16.8 Å². The zero-order chi connectivity index (χ0) is 12.5. The van der Waals surface area contributed by atoms with E-state index in [1.165, 1.54) is 6.08 Å². The van der Waals surface area contributed by atoms with E-state index in [0.717, 1.165) is 5.41 Å². The van der Waals surface area contributed by atoms with Crippen molar-refractivity contribution < 1.29 is 25.2 Å². The molecular weight excluding hydrogens is 268 g/mol. The van der Waals surface area contributed by atoms with Crippen molar-refractivity contribution >= 4 is 20.2 Å². The molecule has 0 aromatic carbocycles. The van der Waals surface area contributed by atoms with E-state index in [1.807, 2.05) is 0 Å².